The van der Waals surface area contributed by atoms with Gasteiger partial charge in [0, 0.05) is 5.56 Å². The van der Waals surface area contributed by atoms with Crippen molar-refractivity contribution in [2.75, 3.05) is 0 Å². The Balaban J connectivity index is 3.43. The topological polar surface area (TPSA) is 74.6 Å². The number of rotatable bonds is 2. The van der Waals surface area contributed by atoms with Gasteiger partial charge in [-0.1, -0.05) is 12.1 Å². The minimum Gasteiger partial charge on any atom is -0.507 e. The van der Waals surface area contributed by atoms with Gasteiger partial charge in [-0.25, -0.2) is 4.79 Å². The lowest BCUT2D eigenvalue weighted by Crippen LogP contribution is -2.05. The third-order valence-electron chi connectivity index (χ3n) is 1.64. The summed E-state index contributed by atoms with van der Waals surface area (Å²) in [6.07, 6.45) is 0. The van der Waals surface area contributed by atoms with Crippen LogP contribution in [0.1, 0.15) is 27.6 Å². The maximum Gasteiger partial charge on any atom is 0.340 e. The number of hydrogen-bond donors (Lipinski definition) is 2. The van der Waals surface area contributed by atoms with Crippen LogP contribution < -0.4 is 0 Å². The molecule has 4 heteroatoms. The molecule has 1 rings (SSSR count). The first-order chi connectivity index (χ1) is 6.04. The fraction of sp³-hybridized carbons (Fsp3) is 0.111. The van der Waals surface area contributed by atoms with E-state index in [1.807, 2.05) is 0 Å². The number of aromatic carboxylic acids is 1. The van der Waals surface area contributed by atoms with Crippen molar-refractivity contribution in [2.45, 2.75) is 6.92 Å². The summed E-state index contributed by atoms with van der Waals surface area (Å²) in [5.41, 5.74) is -0.317. The average molecular weight is 180 g/mol. The van der Waals surface area contributed by atoms with Crippen molar-refractivity contribution < 1.29 is 19.8 Å². The van der Waals surface area contributed by atoms with E-state index in [0.717, 1.165) is 0 Å². The molecule has 0 saturated heterocycles. The third-order valence-corrected chi connectivity index (χ3v) is 1.64. The van der Waals surface area contributed by atoms with Crippen LogP contribution in [-0.2, 0) is 0 Å². The van der Waals surface area contributed by atoms with Crippen LogP contribution in [0.2, 0.25) is 0 Å². The van der Waals surface area contributed by atoms with Gasteiger partial charge >= 0.3 is 5.97 Å². The highest BCUT2D eigenvalue weighted by Gasteiger charge is 2.17. The largest absolute Gasteiger partial charge is 0.507 e. The summed E-state index contributed by atoms with van der Waals surface area (Å²) >= 11 is 0. The van der Waals surface area contributed by atoms with Crippen molar-refractivity contribution >= 4 is 11.8 Å². The number of carbonyl (C=O) groups is 2. The lowest BCUT2D eigenvalue weighted by Gasteiger charge is -2.03. The van der Waals surface area contributed by atoms with Crippen molar-refractivity contribution in [3.63, 3.8) is 0 Å². The first-order valence-corrected chi connectivity index (χ1v) is 3.60. The normalized spacial score (nSPS) is 9.62. The quantitative estimate of drug-likeness (QED) is 0.672. The number of phenols is 1. The highest BCUT2D eigenvalue weighted by molar-refractivity contribution is 6.06. The molecule has 0 aliphatic carbocycles. The molecule has 13 heavy (non-hydrogen) atoms. The zero-order valence-electron chi connectivity index (χ0n) is 6.94. The number of carboxylic acid groups (broad SMARTS) is 1. The van der Waals surface area contributed by atoms with Gasteiger partial charge in [-0.05, 0) is 13.0 Å². The maximum absolute atomic E-state index is 10.9. The minimum atomic E-state index is -1.30. The maximum atomic E-state index is 10.9. The fourth-order valence-corrected chi connectivity index (χ4v) is 1.06. The molecule has 0 bridgehead atoms. The van der Waals surface area contributed by atoms with Crippen LogP contribution in [0.25, 0.3) is 0 Å². The molecule has 2 N–H and O–H groups in total. The molecule has 0 spiro atoms. The van der Waals surface area contributed by atoms with Crippen LogP contribution in [-0.4, -0.2) is 22.0 Å². The third kappa shape index (κ3) is 1.66. The monoisotopic (exact) mass is 180 g/mol. The summed E-state index contributed by atoms with van der Waals surface area (Å²) < 4.78 is 0. The van der Waals surface area contributed by atoms with Crippen LogP contribution in [0, 0.1) is 0 Å². The van der Waals surface area contributed by atoms with Crippen molar-refractivity contribution in [3.05, 3.63) is 29.3 Å². The molecule has 0 aliphatic heterocycles. The Morgan fingerprint density at radius 1 is 1.31 bits per heavy atom. The van der Waals surface area contributed by atoms with Gasteiger partial charge in [-0.2, -0.15) is 0 Å². The van der Waals surface area contributed by atoms with E-state index in [-0.39, 0.29) is 22.7 Å². The van der Waals surface area contributed by atoms with E-state index in [1.165, 1.54) is 25.1 Å². The number of Topliss-reactive ketones (excluding diaryl/α,β-unsaturated/α-hetero) is 1. The molecule has 0 heterocycles. The van der Waals surface area contributed by atoms with E-state index in [1.54, 1.807) is 0 Å². The van der Waals surface area contributed by atoms with Crippen molar-refractivity contribution in [1.29, 1.82) is 0 Å². The van der Waals surface area contributed by atoms with Gasteiger partial charge in [0.15, 0.2) is 5.78 Å². The molecule has 0 amide bonds. The lowest BCUT2D eigenvalue weighted by molar-refractivity contribution is 0.0689. The van der Waals surface area contributed by atoms with Gasteiger partial charge in [-0.15, -0.1) is 0 Å². The first kappa shape index (κ1) is 9.25. The summed E-state index contributed by atoms with van der Waals surface area (Å²) in [4.78, 5) is 21.6. The van der Waals surface area contributed by atoms with Crippen molar-refractivity contribution in [3.8, 4) is 5.75 Å². The highest BCUT2D eigenvalue weighted by atomic mass is 16.4. The molecule has 0 fully saturated rings. The molecule has 0 unspecified atom stereocenters. The number of carbonyl (C=O) groups excluding carboxylic acids is 1. The Bertz CT molecular complexity index is 368. The molecule has 0 atom stereocenters. The molecule has 68 valence electrons. The Hall–Kier alpha value is -1.84. The Labute approximate surface area is 74.4 Å². The van der Waals surface area contributed by atoms with Gasteiger partial charge in [0.1, 0.15) is 11.3 Å². The van der Waals surface area contributed by atoms with E-state index in [0.29, 0.717) is 0 Å². The predicted molar refractivity (Wildman–Crippen MR) is 45.1 cm³/mol. The van der Waals surface area contributed by atoms with Gasteiger partial charge in [0.2, 0.25) is 0 Å². The molecular formula is C9H8O4. The summed E-state index contributed by atoms with van der Waals surface area (Å²) in [6, 6.07) is 4.03. The highest BCUT2D eigenvalue weighted by Crippen LogP contribution is 2.21. The van der Waals surface area contributed by atoms with Crippen LogP contribution in [0.5, 0.6) is 5.75 Å². The Morgan fingerprint density at radius 3 is 2.31 bits per heavy atom. The number of ketones is 1. The van der Waals surface area contributed by atoms with E-state index >= 15 is 0 Å². The number of aromatic hydroxyl groups is 1. The van der Waals surface area contributed by atoms with Crippen LogP contribution in [0.3, 0.4) is 0 Å². The van der Waals surface area contributed by atoms with Crippen molar-refractivity contribution in [1.82, 2.24) is 0 Å². The molecule has 0 aliphatic rings. The second kappa shape index (κ2) is 3.26. The Kier molecular flexibility index (Phi) is 2.32. The summed E-state index contributed by atoms with van der Waals surface area (Å²) in [7, 11) is 0. The van der Waals surface area contributed by atoms with E-state index in [2.05, 4.69) is 0 Å². The van der Waals surface area contributed by atoms with Crippen LogP contribution in [0.15, 0.2) is 18.2 Å². The van der Waals surface area contributed by atoms with Gasteiger partial charge < -0.3 is 10.2 Å². The molecule has 1 aromatic rings. The zero-order valence-corrected chi connectivity index (χ0v) is 6.94. The van der Waals surface area contributed by atoms with Gasteiger partial charge in [0.25, 0.3) is 0 Å². The molecule has 0 saturated carbocycles. The number of benzene rings is 1. The molecule has 4 nitrogen and oxygen atoms in total. The standard InChI is InChI=1S/C9H8O4/c1-5(10)6-3-2-4-7(11)8(6)9(12)13/h2-4,11H,1H3,(H,12,13). The predicted octanol–water partition coefficient (Wildman–Crippen LogP) is 1.29. The van der Waals surface area contributed by atoms with Crippen LogP contribution in [0.4, 0.5) is 0 Å². The Morgan fingerprint density at radius 2 is 1.92 bits per heavy atom. The average Bonchev–Trinajstić information content (AvgIpc) is 2.02. The lowest BCUT2D eigenvalue weighted by atomic mass is 10.0. The summed E-state index contributed by atoms with van der Waals surface area (Å²) in [6.45, 7) is 1.25. The smallest absolute Gasteiger partial charge is 0.340 e. The zero-order chi connectivity index (χ0) is 10.0. The molecule has 0 radical (unpaired) electrons. The fourth-order valence-electron chi connectivity index (χ4n) is 1.06. The van der Waals surface area contributed by atoms with Gasteiger partial charge in [0.05, 0.1) is 0 Å². The van der Waals surface area contributed by atoms with Gasteiger partial charge in [-0.3, -0.25) is 4.79 Å². The van der Waals surface area contributed by atoms with Crippen molar-refractivity contribution in [2.24, 2.45) is 0 Å². The van der Waals surface area contributed by atoms with E-state index in [4.69, 9.17) is 5.11 Å². The molecule has 0 aromatic heterocycles. The molecule has 1 aromatic carbocycles. The second-order valence-corrected chi connectivity index (χ2v) is 2.56. The summed E-state index contributed by atoms with van der Waals surface area (Å²) in [5, 5.41) is 17.9. The first-order valence-electron chi connectivity index (χ1n) is 3.60. The van der Waals surface area contributed by atoms with E-state index in [9.17, 15) is 14.7 Å². The number of hydrogen-bond acceptors (Lipinski definition) is 3. The number of carboxylic acids is 1. The second-order valence-electron chi connectivity index (χ2n) is 2.56. The minimum absolute atomic E-state index is 0.0208. The SMILES string of the molecule is CC(=O)c1cccc(O)c1C(=O)O. The molecular weight excluding hydrogens is 172 g/mol. The summed E-state index contributed by atoms with van der Waals surface area (Å²) in [5.74, 6) is -2.07. The van der Waals surface area contributed by atoms with Crippen LogP contribution >= 0.6 is 0 Å². The van der Waals surface area contributed by atoms with E-state index < -0.39 is 5.97 Å².